The van der Waals surface area contributed by atoms with Crippen molar-refractivity contribution in [2.45, 2.75) is 25.5 Å². The second-order valence-corrected chi connectivity index (χ2v) is 6.44. The van der Waals surface area contributed by atoms with Crippen molar-refractivity contribution in [2.75, 3.05) is 18.1 Å². The third-order valence-corrected chi connectivity index (χ3v) is 4.65. The quantitative estimate of drug-likeness (QED) is 0.909. The van der Waals surface area contributed by atoms with Gasteiger partial charge >= 0.3 is 0 Å². The fourth-order valence-electron chi connectivity index (χ4n) is 1.21. The van der Waals surface area contributed by atoms with Crippen LogP contribution in [0.5, 0.6) is 0 Å². The van der Waals surface area contributed by atoms with Crippen molar-refractivity contribution in [1.29, 1.82) is 0 Å². The van der Waals surface area contributed by atoms with Crippen LogP contribution < -0.4 is 5.32 Å². The summed E-state index contributed by atoms with van der Waals surface area (Å²) in [7, 11) is -0.744. The molecule has 2 atom stereocenters. The molecule has 1 aromatic heterocycles. The van der Waals surface area contributed by atoms with E-state index in [4.69, 9.17) is 0 Å². The van der Waals surface area contributed by atoms with E-state index < -0.39 is 10.8 Å². The van der Waals surface area contributed by atoms with Gasteiger partial charge in [-0.3, -0.25) is 4.21 Å². The second kappa shape index (κ2) is 6.35. The first kappa shape index (κ1) is 13.6. The number of pyridine rings is 1. The minimum atomic E-state index is -0.744. The molecule has 5 heteroatoms. The zero-order valence-electron chi connectivity index (χ0n) is 9.79. The van der Waals surface area contributed by atoms with E-state index in [0.717, 1.165) is 29.0 Å². The Hall–Kier alpha value is -0.420. The maximum absolute atomic E-state index is 11.1. The fraction of sp³-hybridized carbons (Fsp3) is 0.545. The van der Waals surface area contributed by atoms with Crippen molar-refractivity contribution in [3.8, 4) is 0 Å². The number of rotatable bonds is 5. The molecule has 0 bridgehead atoms. The van der Waals surface area contributed by atoms with Gasteiger partial charge in [-0.05, 0) is 41.4 Å². The van der Waals surface area contributed by atoms with E-state index in [-0.39, 0.29) is 5.25 Å². The predicted octanol–water partition coefficient (Wildman–Crippen LogP) is 2.72. The first-order valence-corrected chi connectivity index (χ1v) is 7.61. The van der Waals surface area contributed by atoms with E-state index in [1.165, 1.54) is 0 Å². The molecule has 1 heterocycles. The summed E-state index contributed by atoms with van der Waals surface area (Å²) in [4.78, 5) is 4.38. The summed E-state index contributed by atoms with van der Waals surface area (Å²) in [6, 6.07) is 3.91. The molecule has 16 heavy (non-hydrogen) atoms. The van der Waals surface area contributed by atoms with E-state index in [1.54, 1.807) is 6.26 Å². The van der Waals surface area contributed by atoms with Gasteiger partial charge in [0.25, 0.3) is 0 Å². The van der Waals surface area contributed by atoms with Gasteiger partial charge in [-0.15, -0.1) is 0 Å². The highest BCUT2D eigenvalue weighted by Gasteiger charge is 2.05. The van der Waals surface area contributed by atoms with Crippen molar-refractivity contribution < 1.29 is 4.21 Å². The summed E-state index contributed by atoms with van der Waals surface area (Å²) in [5, 5.41) is 3.46. The molecule has 0 aliphatic rings. The molecule has 0 saturated heterocycles. The maximum Gasteiger partial charge on any atom is 0.126 e. The Balaban J connectivity index is 2.43. The van der Waals surface area contributed by atoms with E-state index in [0.29, 0.717) is 0 Å². The van der Waals surface area contributed by atoms with Crippen LogP contribution >= 0.6 is 15.9 Å². The van der Waals surface area contributed by atoms with Gasteiger partial charge in [0.2, 0.25) is 0 Å². The van der Waals surface area contributed by atoms with Crippen molar-refractivity contribution in [3.63, 3.8) is 0 Å². The fourth-order valence-corrected chi connectivity index (χ4v) is 1.88. The van der Waals surface area contributed by atoms with Crippen LogP contribution in [0.3, 0.4) is 0 Å². The lowest BCUT2D eigenvalue weighted by Crippen LogP contribution is -2.15. The molecule has 2 unspecified atom stereocenters. The summed E-state index contributed by atoms with van der Waals surface area (Å²) in [6.07, 6.45) is 2.63. The van der Waals surface area contributed by atoms with Gasteiger partial charge in [-0.25, -0.2) is 4.98 Å². The Bertz CT molecular complexity index is 384. The summed E-state index contributed by atoms with van der Waals surface area (Å²) >= 11 is 3.41. The number of aromatic nitrogens is 1. The molecule has 1 aromatic rings. The molecular weight excluding hydrogens is 288 g/mol. The molecule has 0 aliphatic carbocycles. The van der Waals surface area contributed by atoms with Gasteiger partial charge in [-0.2, -0.15) is 0 Å². The van der Waals surface area contributed by atoms with Crippen molar-refractivity contribution in [3.05, 3.63) is 22.3 Å². The molecule has 0 aromatic carbocycles. The van der Waals surface area contributed by atoms with Gasteiger partial charge in [0.05, 0.1) is 5.69 Å². The summed E-state index contributed by atoms with van der Waals surface area (Å²) in [5.41, 5.74) is 0.970. The maximum atomic E-state index is 11.1. The zero-order valence-corrected chi connectivity index (χ0v) is 12.2. The number of nitrogens with zero attached hydrogens (tertiary/aromatic N) is 1. The molecule has 1 N–H and O–H groups in total. The Morgan fingerprint density at radius 2 is 2.25 bits per heavy atom. The average Bonchev–Trinajstić information content (AvgIpc) is 2.23. The van der Waals surface area contributed by atoms with Gasteiger partial charge in [0.1, 0.15) is 5.82 Å². The molecule has 0 spiro atoms. The molecule has 1 rings (SSSR count). The normalized spacial score (nSPS) is 14.5. The second-order valence-electron chi connectivity index (χ2n) is 3.79. The molecular formula is C11H17BrN2OS. The zero-order chi connectivity index (χ0) is 12.1. The number of halogens is 1. The van der Waals surface area contributed by atoms with Crippen LogP contribution in [0.15, 0.2) is 16.6 Å². The molecule has 0 radical (unpaired) electrons. The van der Waals surface area contributed by atoms with E-state index in [9.17, 15) is 4.21 Å². The first-order valence-electron chi connectivity index (χ1n) is 5.20. The number of hydrogen-bond donors (Lipinski definition) is 1. The predicted molar refractivity (Wildman–Crippen MR) is 73.3 cm³/mol. The van der Waals surface area contributed by atoms with E-state index in [1.807, 2.05) is 26.0 Å². The lowest BCUT2D eigenvalue weighted by molar-refractivity contribution is 0.672. The van der Waals surface area contributed by atoms with Crippen LogP contribution in [-0.4, -0.2) is 27.2 Å². The van der Waals surface area contributed by atoms with Crippen LogP contribution in [0.25, 0.3) is 0 Å². The standard InChI is InChI=1S/C11H17BrN2OS/c1-8(16(3)15)6-7-13-11-5-4-10(12)9(2)14-11/h4-5,8H,6-7H2,1-3H3,(H,13,14). The number of aryl methyl sites for hydroxylation is 1. The first-order chi connectivity index (χ1) is 7.50. The van der Waals surface area contributed by atoms with E-state index in [2.05, 4.69) is 26.2 Å². The van der Waals surface area contributed by atoms with Gasteiger partial charge in [-0.1, -0.05) is 6.92 Å². The Morgan fingerprint density at radius 1 is 1.56 bits per heavy atom. The van der Waals surface area contributed by atoms with Gasteiger partial charge in [0.15, 0.2) is 0 Å². The number of nitrogens with one attached hydrogen (secondary N) is 1. The minimum Gasteiger partial charge on any atom is -0.370 e. The van der Waals surface area contributed by atoms with Gasteiger partial charge in [0, 0.05) is 33.3 Å². The smallest absolute Gasteiger partial charge is 0.126 e. The Labute approximate surface area is 108 Å². The highest BCUT2D eigenvalue weighted by molar-refractivity contribution is 9.10. The molecule has 0 fully saturated rings. The topological polar surface area (TPSA) is 42.0 Å². The lowest BCUT2D eigenvalue weighted by Gasteiger charge is -2.10. The summed E-state index contributed by atoms with van der Waals surface area (Å²) in [5.74, 6) is 0.870. The van der Waals surface area contributed by atoms with Crippen LogP contribution in [0.1, 0.15) is 19.0 Å². The molecule has 0 saturated carbocycles. The van der Waals surface area contributed by atoms with Crippen LogP contribution in [0.2, 0.25) is 0 Å². The summed E-state index contributed by atoms with van der Waals surface area (Å²) < 4.78 is 12.2. The minimum absolute atomic E-state index is 0.226. The van der Waals surface area contributed by atoms with Crippen molar-refractivity contribution >= 4 is 32.5 Å². The monoisotopic (exact) mass is 304 g/mol. The Morgan fingerprint density at radius 3 is 2.81 bits per heavy atom. The largest absolute Gasteiger partial charge is 0.370 e. The van der Waals surface area contributed by atoms with Crippen LogP contribution in [0, 0.1) is 6.92 Å². The van der Waals surface area contributed by atoms with E-state index >= 15 is 0 Å². The molecule has 90 valence electrons. The Kier molecular flexibility index (Phi) is 5.41. The number of anilines is 1. The third-order valence-electron chi connectivity index (χ3n) is 2.44. The van der Waals surface area contributed by atoms with Crippen LogP contribution in [-0.2, 0) is 10.8 Å². The highest BCUT2D eigenvalue weighted by Crippen LogP contribution is 2.16. The molecule has 0 amide bonds. The molecule has 0 aliphatic heterocycles. The third kappa shape index (κ3) is 4.22. The number of hydrogen-bond acceptors (Lipinski definition) is 3. The van der Waals surface area contributed by atoms with Crippen molar-refractivity contribution in [1.82, 2.24) is 4.98 Å². The van der Waals surface area contributed by atoms with Crippen molar-refractivity contribution in [2.24, 2.45) is 0 Å². The average molecular weight is 305 g/mol. The summed E-state index contributed by atoms with van der Waals surface area (Å²) in [6.45, 7) is 4.76. The van der Waals surface area contributed by atoms with Gasteiger partial charge < -0.3 is 5.32 Å². The highest BCUT2D eigenvalue weighted by atomic mass is 79.9. The SMILES string of the molecule is Cc1nc(NCCC(C)S(C)=O)ccc1Br. The lowest BCUT2D eigenvalue weighted by atomic mass is 10.3. The molecule has 3 nitrogen and oxygen atoms in total. The van der Waals surface area contributed by atoms with Crippen LogP contribution in [0.4, 0.5) is 5.82 Å².